The van der Waals surface area contributed by atoms with E-state index < -0.39 is 36.4 Å². The van der Waals surface area contributed by atoms with Crippen molar-refractivity contribution in [3.05, 3.63) is 54.1 Å². The van der Waals surface area contributed by atoms with Crippen LogP contribution in [0.25, 0.3) is 0 Å². The summed E-state index contributed by atoms with van der Waals surface area (Å²) in [6.45, 7) is 5.13. The van der Waals surface area contributed by atoms with Crippen LogP contribution >= 0.6 is 0 Å². The molecule has 47 heavy (non-hydrogen) atoms. The highest BCUT2D eigenvalue weighted by Crippen LogP contribution is 2.38. The van der Waals surface area contributed by atoms with E-state index in [4.69, 9.17) is 34.4 Å². The van der Waals surface area contributed by atoms with Gasteiger partial charge in [-0.2, -0.15) is 39.5 Å². The summed E-state index contributed by atoms with van der Waals surface area (Å²) in [5.74, 6) is -8.27. The van der Waals surface area contributed by atoms with Crippen molar-refractivity contribution in [1.82, 2.24) is 19.4 Å². The summed E-state index contributed by atoms with van der Waals surface area (Å²) >= 11 is 0. The molecule has 0 aliphatic carbocycles. The number of aromatic nitrogens is 2. The van der Waals surface area contributed by atoms with Crippen molar-refractivity contribution in [3.63, 3.8) is 0 Å². The van der Waals surface area contributed by atoms with Gasteiger partial charge in [0.15, 0.2) is 0 Å². The van der Waals surface area contributed by atoms with Gasteiger partial charge in [0, 0.05) is 63.6 Å². The highest BCUT2D eigenvalue weighted by molar-refractivity contribution is 5.73. The zero-order valence-electron chi connectivity index (χ0n) is 24.9. The maximum absolute atomic E-state index is 10.6. The van der Waals surface area contributed by atoms with Crippen LogP contribution in [0.3, 0.4) is 0 Å². The molecule has 1 spiro atoms. The predicted octanol–water partition coefficient (Wildman–Crippen LogP) is 4.58. The van der Waals surface area contributed by atoms with E-state index in [0.717, 1.165) is 52.0 Å². The Morgan fingerprint density at radius 1 is 0.894 bits per heavy atom. The Balaban J connectivity index is 0.000000430. The largest absolute Gasteiger partial charge is 0.490 e. The molecule has 2 aliphatic heterocycles. The fourth-order valence-corrected chi connectivity index (χ4v) is 4.37. The fourth-order valence-electron chi connectivity index (χ4n) is 4.37. The molecule has 20 heteroatoms. The molecular formula is C27H33F9N4O7. The van der Waals surface area contributed by atoms with E-state index in [1.165, 1.54) is 11.3 Å². The molecule has 1 unspecified atom stereocenters. The van der Waals surface area contributed by atoms with Gasteiger partial charge in [-0.15, -0.1) is 0 Å². The summed E-state index contributed by atoms with van der Waals surface area (Å²) in [6, 6.07) is 9.07. The third-order valence-corrected chi connectivity index (χ3v) is 6.93. The molecule has 2 fully saturated rings. The first-order valence-electron chi connectivity index (χ1n) is 13.4. The number of carboxylic acid groups (broad SMARTS) is 3. The first-order chi connectivity index (χ1) is 21.5. The minimum atomic E-state index is -5.08. The Morgan fingerprint density at radius 3 is 1.72 bits per heavy atom. The SMILES string of the molecule is CN(Cc1ccncc1)C1COC2(CCN(Cc3cccn3C)CC2)C1.O=C(O)C(F)(F)F.O=C(O)C(F)(F)F.O=C(O)C(F)(F)F. The first kappa shape index (κ1) is 41.1. The number of nitrogens with zero attached hydrogens (tertiary/aromatic N) is 4. The van der Waals surface area contributed by atoms with Crippen molar-refractivity contribution in [2.45, 2.75) is 62.5 Å². The second-order valence-electron chi connectivity index (χ2n) is 10.4. The van der Waals surface area contributed by atoms with Gasteiger partial charge in [0.2, 0.25) is 0 Å². The lowest BCUT2D eigenvalue weighted by Gasteiger charge is -2.39. The number of piperidine rings is 1. The number of likely N-dealkylation sites (N-methyl/N-ethyl adjacent to an activating group) is 1. The lowest BCUT2D eigenvalue weighted by molar-refractivity contribution is -0.193. The molecule has 2 aromatic rings. The van der Waals surface area contributed by atoms with Crippen molar-refractivity contribution < 1.29 is 74.0 Å². The third kappa shape index (κ3) is 15.0. The van der Waals surface area contributed by atoms with Gasteiger partial charge in [-0.05, 0) is 56.1 Å². The Hall–Kier alpha value is -3.91. The number of hydrogen-bond acceptors (Lipinski definition) is 7. The molecule has 0 saturated carbocycles. The number of hydrogen-bond donors (Lipinski definition) is 3. The molecule has 1 atom stereocenters. The highest BCUT2D eigenvalue weighted by atomic mass is 19.4. The third-order valence-electron chi connectivity index (χ3n) is 6.93. The summed E-state index contributed by atoms with van der Waals surface area (Å²) in [4.78, 5) is 35.8. The van der Waals surface area contributed by atoms with Crippen molar-refractivity contribution in [2.75, 3.05) is 26.7 Å². The predicted molar refractivity (Wildman–Crippen MR) is 144 cm³/mol. The quantitative estimate of drug-likeness (QED) is 0.380. The first-order valence-corrected chi connectivity index (χ1v) is 13.4. The minimum Gasteiger partial charge on any atom is -0.475 e. The molecule has 11 nitrogen and oxygen atoms in total. The molecule has 4 heterocycles. The van der Waals surface area contributed by atoms with Crippen LogP contribution in [-0.4, -0.2) is 109 Å². The number of likely N-dealkylation sites (tertiary alicyclic amines) is 1. The Kier molecular flexibility index (Phi) is 15.1. The van der Waals surface area contributed by atoms with Gasteiger partial charge in [-0.3, -0.25) is 14.8 Å². The monoisotopic (exact) mass is 696 g/mol. The zero-order chi connectivity index (χ0) is 36.2. The Labute approximate surface area is 262 Å². The summed E-state index contributed by atoms with van der Waals surface area (Å²) in [5, 5.41) is 21.4. The number of rotatable bonds is 5. The topological polar surface area (TPSA) is 145 Å². The number of halogens is 9. The lowest BCUT2D eigenvalue weighted by atomic mass is 9.87. The maximum Gasteiger partial charge on any atom is 0.490 e. The maximum atomic E-state index is 10.6. The minimum absolute atomic E-state index is 0.0991. The summed E-state index contributed by atoms with van der Waals surface area (Å²) in [7, 11) is 4.35. The van der Waals surface area contributed by atoms with Gasteiger partial charge in [-0.25, -0.2) is 14.4 Å². The van der Waals surface area contributed by atoms with Crippen LogP contribution in [0.1, 0.15) is 30.5 Å². The molecule has 0 radical (unpaired) electrons. The smallest absolute Gasteiger partial charge is 0.475 e. The van der Waals surface area contributed by atoms with Crippen LogP contribution in [0.2, 0.25) is 0 Å². The molecule has 2 aromatic heterocycles. The van der Waals surface area contributed by atoms with Gasteiger partial charge in [0.05, 0.1) is 12.2 Å². The van der Waals surface area contributed by atoms with Crippen molar-refractivity contribution in [1.29, 1.82) is 0 Å². The average molecular weight is 697 g/mol. The van der Waals surface area contributed by atoms with E-state index >= 15 is 0 Å². The number of aliphatic carboxylic acids is 3. The molecule has 0 aromatic carbocycles. The fraction of sp³-hybridized carbons (Fsp3) is 0.556. The number of pyridine rings is 1. The number of ether oxygens (including phenoxy) is 1. The van der Waals surface area contributed by atoms with Crippen LogP contribution in [0.5, 0.6) is 0 Å². The Bertz CT molecular complexity index is 1220. The van der Waals surface area contributed by atoms with Gasteiger partial charge in [0.1, 0.15) is 0 Å². The van der Waals surface area contributed by atoms with Crippen molar-refractivity contribution >= 4 is 17.9 Å². The van der Waals surface area contributed by atoms with Gasteiger partial charge in [0.25, 0.3) is 0 Å². The van der Waals surface area contributed by atoms with E-state index in [-0.39, 0.29) is 5.60 Å². The molecule has 3 N–H and O–H groups in total. The van der Waals surface area contributed by atoms with Crippen molar-refractivity contribution in [2.24, 2.45) is 7.05 Å². The molecule has 0 amide bonds. The van der Waals surface area contributed by atoms with Gasteiger partial charge in [-0.1, -0.05) is 0 Å². The van der Waals surface area contributed by atoms with Crippen LogP contribution in [0.15, 0.2) is 42.9 Å². The summed E-state index contributed by atoms with van der Waals surface area (Å²) in [5.41, 5.74) is 2.81. The summed E-state index contributed by atoms with van der Waals surface area (Å²) in [6.07, 6.45) is -5.92. The molecule has 2 saturated heterocycles. The standard InChI is InChI=1S/C21H30N4O.3C2HF3O2/c1-23-11-3-4-19(23)16-25-12-7-21(8-13-25)14-20(17-26-21)24(2)15-18-5-9-22-10-6-18;3*3-2(4,5)1(6)7/h3-6,9-11,20H,7-8,12-17H2,1-2H3;3*(H,6,7). The second-order valence-corrected chi connectivity index (χ2v) is 10.4. The van der Waals surface area contributed by atoms with Crippen molar-refractivity contribution in [3.8, 4) is 0 Å². The molecule has 266 valence electrons. The molecule has 2 aliphatic rings. The number of carbonyl (C=O) groups is 3. The normalized spacial score (nSPS) is 17.8. The van der Waals surface area contributed by atoms with E-state index in [2.05, 4.69) is 63.9 Å². The van der Waals surface area contributed by atoms with Gasteiger partial charge >= 0.3 is 36.4 Å². The van der Waals surface area contributed by atoms with Crippen LogP contribution in [0, 0.1) is 0 Å². The molecule has 0 bridgehead atoms. The number of aryl methyl sites for hydroxylation is 1. The number of alkyl halides is 9. The lowest BCUT2D eigenvalue weighted by Crippen LogP contribution is -2.44. The van der Waals surface area contributed by atoms with Crippen LogP contribution in [-0.2, 0) is 39.3 Å². The molecular weight excluding hydrogens is 663 g/mol. The van der Waals surface area contributed by atoms with Crippen LogP contribution < -0.4 is 0 Å². The highest BCUT2D eigenvalue weighted by Gasteiger charge is 2.44. The summed E-state index contributed by atoms with van der Waals surface area (Å²) < 4.78 is 104. The average Bonchev–Trinajstić information content (AvgIpc) is 3.56. The van der Waals surface area contributed by atoms with E-state index in [1.807, 2.05) is 12.4 Å². The zero-order valence-corrected chi connectivity index (χ0v) is 24.9. The van der Waals surface area contributed by atoms with E-state index in [1.54, 1.807) is 0 Å². The van der Waals surface area contributed by atoms with E-state index in [9.17, 15) is 39.5 Å². The van der Waals surface area contributed by atoms with Gasteiger partial charge < -0.3 is 24.6 Å². The Morgan fingerprint density at radius 2 is 1.34 bits per heavy atom. The van der Waals surface area contributed by atoms with E-state index in [0.29, 0.717) is 6.04 Å². The number of carboxylic acids is 3. The molecule has 4 rings (SSSR count). The van der Waals surface area contributed by atoms with Crippen LogP contribution in [0.4, 0.5) is 39.5 Å². The second kappa shape index (κ2) is 17.3.